The molecule has 5 rings (SSSR count). The molecule has 2 unspecified atom stereocenters. The second-order valence-electron chi connectivity index (χ2n) is 10.1. The van der Waals surface area contributed by atoms with Crippen LogP contribution in [0.2, 0.25) is 0 Å². The van der Waals surface area contributed by atoms with Gasteiger partial charge in [0.15, 0.2) is 0 Å². The Balaban J connectivity index is 1.56. The zero-order valence-corrected chi connectivity index (χ0v) is 16.4. The zero-order valence-electron chi connectivity index (χ0n) is 16.4. The molecule has 27 heavy (non-hydrogen) atoms. The van der Waals surface area contributed by atoms with Crippen molar-refractivity contribution in [2.24, 2.45) is 22.7 Å². The highest BCUT2D eigenvalue weighted by molar-refractivity contribution is 5.31. The molecule has 3 saturated carbocycles. The third-order valence-corrected chi connectivity index (χ3v) is 9.34. The van der Waals surface area contributed by atoms with Gasteiger partial charge in [0, 0.05) is 5.41 Å². The fourth-order valence-corrected chi connectivity index (χ4v) is 7.53. The van der Waals surface area contributed by atoms with E-state index in [2.05, 4.69) is 19.9 Å². The van der Waals surface area contributed by atoms with Crippen LogP contribution < -0.4 is 0 Å². The van der Waals surface area contributed by atoms with Crippen LogP contribution in [0.1, 0.15) is 71.0 Å². The number of aliphatic hydroxyl groups is 3. The van der Waals surface area contributed by atoms with Crippen molar-refractivity contribution < 1.29 is 19.7 Å². The van der Waals surface area contributed by atoms with Gasteiger partial charge in [0.2, 0.25) is 0 Å². The van der Waals surface area contributed by atoms with Gasteiger partial charge in [-0.3, -0.25) is 0 Å². The van der Waals surface area contributed by atoms with E-state index in [9.17, 15) is 15.3 Å². The second-order valence-corrected chi connectivity index (χ2v) is 10.1. The predicted molar refractivity (Wildman–Crippen MR) is 102 cm³/mol. The highest BCUT2D eigenvalue weighted by atomic mass is 16.4. The molecule has 1 aromatic rings. The van der Waals surface area contributed by atoms with Gasteiger partial charge in [-0.05, 0) is 80.8 Å². The van der Waals surface area contributed by atoms with Crippen LogP contribution in [0.4, 0.5) is 0 Å². The summed E-state index contributed by atoms with van der Waals surface area (Å²) < 4.78 is 5.63. The Bertz CT molecular complexity index is 769. The van der Waals surface area contributed by atoms with Crippen molar-refractivity contribution in [3.63, 3.8) is 0 Å². The molecule has 4 heteroatoms. The standard InChI is InChI=1S/C23H32O4/c1-20-9-7-16(24)14-15(20)5-6-18-17(20)8-10-21(2)22(18,25)11-12-23(21,26)19-4-3-13-27-19/h3-5,13,16-18,24-26H,6-12,14H2,1-2H3/t16?,17-,18-,20+,21+,22-,23?/m1/s1. The topological polar surface area (TPSA) is 73.8 Å². The molecular weight excluding hydrogens is 340 g/mol. The number of hydrogen-bond acceptors (Lipinski definition) is 4. The highest BCUT2D eigenvalue weighted by Gasteiger charge is 2.72. The molecule has 0 aromatic carbocycles. The second kappa shape index (κ2) is 5.49. The monoisotopic (exact) mass is 372 g/mol. The quantitative estimate of drug-likeness (QED) is 0.654. The van der Waals surface area contributed by atoms with Crippen LogP contribution in [0.5, 0.6) is 0 Å². The van der Waals surface area contributed by atoms with Crippen LogP contribution in [0, 0.1) is 22.7 Å². The maximum absolute atomic E-state index is 12.1. The summed E-state index contributed by atoms with van der Waals surface area (Å²) in [7, 11) is 0. The van der Waals surface area contributed by atoms with Crippen molar-refractivity contribution in [2.75, 3.05) is 0 Å². The molecule has 4 aliphatic carbocycles. The summed E-state index contributed by atoms with van der Waals surface area (Å²) in [6.45, 7) is 4.42. The average molecular weight is 373 g/mol. The summed E-state index contributed by atoms with van der Waals surface area (Å²) >= 11 is 0. The molecule has 1 heterocycles. The summed E-state index contributed by atoms with van der Waals surface area (Å²) in [6.07, 6.45) is 10.2. The minimum absolute atomic E-state index is 0.0740. The molecule has 0 aliphatic heterocycles. The Morgan fingerprint density at radius 2 is 1.85 bits per heavy atom. The lowest BCUT2D eigenvalue weighted by atomic mass is 9.45. The van der Waals surface area contributed by atoms with Gasteiger partial charge in [-0.25, -0.2) is 0 Å². The summed E-state index contributed by atoms with van der Waals surface area (Å²) in [5.74, 6) is 1.17. The van der Waals surface area contributed by atoms with E-state index in [1.54, 1.807) is 6.26 Å². The van der Waals surface area contributed by atoms with Crippen molar-refractivity contribution in [2.45, 2.75) is 82.5 Å². The van der Waals surface area contributed by atoms with E-state index in [0.717, 1.165) is 38.5 Å². The van der Waals surface area contributed by atoms with Crippen molar-refractivity contribution in [1.82, 2.24) is 0 Å². The van der Waals surface area contributed by atoms with Crippen LogP contribution in [-0.2, 0) is 5.60 Å². The first-order valence-corrected chi connectivity index (χ1v) is 10.6. The van der Waals surface area contributed by atoms with Crippen molar-refractivity contribution >= 4 is 0 Å². The predicted octanol–water partition coefficient (Wildman–Crippen LogP) is 3.91. The summed E-state index contributed by atoms with van der Waals surface area (Å²) in [6, 6.07) is 3.68. The summed E-state index contributed by atoms with van der Waals surface area (Å²) in [5.41, 5.74) is -1.13. The lowest BCUT2D eigenvalue weighted by molar-refractivity contribution is -0.222. The van der Waals surface area contributed by atoms with Crippen LogP contribution in [0.25, 0.3) is 0 Å². The molecule has 0 spiro atoms. The minimum atomic E-state index is -1.11. The van der Waals surface area contributed by atoms with Crippen molar-refractivity contribution in [3.05, 3.63) is 35.8 Å². The third kappa shape index (κ3) is 2.05. The molecule has 4 aliphatic rings. The Morgan fingerprint density at radius 1 is 1.04 bits per heavy atom. The molecule has 4 nitrogen and oxygen atoms in total. The number of allylic oxidation sites excluding steroid dienone is 1. The lowest BCUT2D eigenvalue weighted by Crippen LogP contribution is -2.63. The maximum Gasteiger partial charge on any atom is 0.136 e. The number of aliphatic hydroxyl groups excluding tert-OH is 1. The average Bonchev–Trinajstić information content (AvgIpc) is 3.24. The van der Waals surface area contributed by atoms with E-state index < -0.39 is 16.6 Å². The van der Waals surface area contributed by atoms with E-state index in [-0.39, 0.29) is 17.4 Å². The smallest absolute Gasteiger partial charge is 0.136 e. The zero-order chi connectivity index (χ0) is 19.1. The molecule has 148 valence electrons. The Labute approximate surface area is 161 Å². The van der Waals surface area contributed by atoms with E-state index in [0.29, 0.717) is 24.5 Å². The minimum Gasteiger partial charge on any atom is -0.466 e. The van der Waals surface area contributed by atoms with Crippen LogP contribution in [0.15, 0.2) is 34.5 Å². The SMILES string of the molecule is C[C@]12CCC(O)CC1=CC[C@@H]1[C@H]2CC[C@]2(C)C(O)(c3ccco3)CC[C@@]12O. The van der Waals surface area contributed by atoms with Crippen LogP contribution in [0.3, 0.4) is 0 Å². The Kier molecular flexibility index (Phi) is 3.65. The number of hydrogen-bond donors (Lipinski definition) is 3. The highest BCUT2D eigenvalue weighted by Crippen LogP contribution is 2.70. The van der Waals surface area contributed by atoms with E-state index in [1.165, 1.54) is 5.57 Å². The number of fused-ring (bicyclic) bond motifs is 5. The van der Waals surface area contributed by atoms with Gasteiger partial charge in [0.25, 0.3) is 0 Å². The molecule has 3 N–H and O–H groups in total. The number of furan rings is 1. The van der Waals surface area contributed by atoms with E-state index >= 15 is 0 Å². The molecule has 0 amide bonds. The molecular formula is C23H32O4. The largest absolute Gasteiger partial charge is 0.466 e. The van der Waals surface area contributed by atoms with Crippen molar-refractivity contribution in [1.29, 1.82) is 0 Å². The van der Waals surface area contributed by atoms with Gasteiger partial charge in [0.05, 0.1) is 18.0 Å². The third-order valence-electron chi connectivity index (χ3n) is 9.34. The first-order valence-electron chi connectivity index (χ1n) is 10.6. The summed E-state index contributed by atoms with van der Waals surface area (Å²) in [5, 5.41) is 33.9. The van der Waals surface area contributed by atoms with E-state index in [1.807, 2.05) is 12.1 Å². The van der Waals surface area contributed by atoms with Gasteiger partial charge < -0.3 is 19.7 Å². The van der Waals surface area contributed by atoms with E-state index in [4.69, 9.17) is 4.42 Å². The van der Waals surface area contributed by atoms with Gasteiger partial charge in [0.1, 0.15) is 11.4 Å². The molecule has 0 bridgehead atoms. The first-order chi connectivity index (χ1) is 12.7. The maximum atomic E-state index is 12.1. The lowest BCUT2D eigenvalue weighted by Gasteiger charge is -2.61. The molecule has 0 saturated heterocycles. The fourth-order valence-electron chi connectivity index (χ4n) is 7.53. The van der Waals surface area contributed by atoms with Gasteiger partial charge in [-0.2, -0.15) is 0 Å². The Morgan fingerprint density at radius 3 is 2.59 bits per heavy atom. The normalized spacial score (nSPS) is 51.9. The van der Waals surface area contributed by atoms with Crippen molar-refractivity contribution in [3.8, 4) is 0 Å². The molecule has 0 radical (unpaired) electrons. The first kappa shape index (κ1) is 18.0. The van der Waals surface area contributed by atoms with Crippen LogP contribution in [-0.4, -0.2) is 27.0 Å². The Hall–Kier alpha value is -1.10. The summed E-state index contributed by atoms with van der Waals surface area (Å²) in [4.78, 5) is 0. The molecule has 1 aromatic heterocycles. The number of rotatable bonds is 1. The molecule has 3 fully saturated rings. The molecule has 7 atom stereocenters. The van der Waals surface area contributed by atoms with Gasteiger partial charge >= 0.3 is 0 Å². The van der Waals surface area contributed by atoms with Crippen LogP contribution >= 0.6 is 0 Å². The van der Waals surface area contributed by atoms with Gasteiger partial charge in [-0.15, -0.1) is 0 Å². The fraction of sp³-hybridized carbons (Fsp3) is 0.739. The van der Waals surface area contributed by atoms with Gasteiger partial charge in [-0.1, -0.05) is 25.5 Å².